The van der Waals surface area contributed by atoms with Gasteiger partial charge in [-0.05, 0) is 43.5 Å². The summed E-state index contributed by atoms with van der Waals surface area (Å²) in [5.41, 5.74) is 1.14. The van der Waals surface area contributed by atoms with Gasteiger partial charge in [-0.1, -0.05) is 36.7 Å². The molecule has 0 saturated heterocycles. The maximum atomic E-state index is 16.1. The van der Waals surface area contributed by atoms with Gasteiger partial charge in [0.05, 0.1) is 28.5 Å². The summed E-state index contributed by atoms with van der Waals surface area (Å²) in [6, 6.07) is 11.6. The highest BCUT2D eigenvalue weighted by atomic mass is 35.5. The number of anilines is 2. The van der Waals surface area contributed by atoms with Crippen LogP contribution >= 0.6 is 11.6 Å². The van der Waals surface area contributed by atoms with Crippen LogP contribution in [-0.4, -0.2) is 27.7 Å². The second kappa shape index (κ2) is 8.53. The number of ether oxygens (including phenoxy) is 1. The van der Waals surface area contributed by atoms with E-state index >= 15 is 8.78 Å². The number of carbonyl (C=O) groups excluding carboxylic acids is 1. The van der Waals surface area contributed by atoms with Crippen LogP contribution in [0, 0.1) is 11.6 Å². The standard InChI is InChI=1S/C26H23ClF2N4O2/c1-13-20-18(11-17(28)21(22(20)29)16-6-4-5-14-9-10-30-23(14)16)33-26(2,3)24(13)35-25(34)32-15-7-8-19(27)31-12-15/h4-13,24,30,33H,1-3H3,(H,32,34)/t13-,24+/m1/s1. The van der Waals surface area contributed by atoms with Gasteiger partial charge in [-0.25, -0.2) is 18.6 Å². The normalized spacial score (nSPS) is 18.6. The number of amides is 1. The molecule has 0 radical (unpaired) electrons. The van der Waals surface area contributed by atoms with Crippen molar-refractivity contribution >= 4 is 40.0 Å². The Morgan fingerprint density at radius 2 is 2.00 bits per heavy atom. The molecule has 3 N–H and O–H groups in total. The fourth-order valence-corrected chi connectivity index (χ4v) is 4.99. The van der Waals surface area contributed by atoms with Gasteiger partial charge in [-0.2, -0.15) is 0 Å². The summed E-state index contributed by atoms with van der Waals surface area (Å²) in [4.78, 5) is 19.7. The summed E-state index contributed by atoms with van der Waals surface area (Å²) >= 11 is 5.79. The van der Waals surface area contributed by atoms with Crippen molar-refractivity contribution in [3.8, 4) is 11.1 Å². The quantitative estimate of drug-likeness (QED) is 0.265. The van der Waals surface area contributed by atoms with Crippen LogP contribution in [0.25, 0.3) is 22.0 Å². The number of rotatable bonds is 3. The molecule has 6 nitrogen and oxygen atoms in total. The van der Waals surface area contributed by atoms with Gasteiger partial charge < -0.3 is 15.0 Å². The Labute approximate surface area is 205 Å². The Balaban J connectivity index is 1.52. The molecule has 0 fully saturated rings. The average Bonchev–Trinajstić information content (AvgIpc) is 3.27. The van der Waals surface area contributed by atoms with Crippen molar-refractivity contribution < 1.29 is 18.3 Å². The third kappa shape index (κ3) is 4.08. The van der Waals surface area contributed by atoms with Crippen LogP contribution in [-0.2, 0) is 4.74 Å². The molecule has 2 aromatic carbocycles. The predicted molar refractivity (Wildman–Crippen MR) is 133 cm³/mol. The van der Waals surface area contributed by atoms with E-state index in [2.05, 4.69) is 20.6 Å². The highest BCUT2D eigenvalue weighted by molar-refractivity contribution is 6.29. The van der Waals surface area contributed by atoms with Gasteiger partial charge in [-0.15, -0.1) is 0 Å². The summed E-state index contributed by atoms with van der Waals surface area (Å²) in [6.45, 7) is 5.40. The summed E-state index contributed by atoms with van der Waals surface area (Å²) in [7, 11) is 0. The van der Waals surface area contributed by atoms with Gasteiger partial charge in [0.15, 0.2) is 0 Å². The third-order valence-electron chi connectivity index (χ3n) is 6.40. The summed E-state index contributed by atoms with van der Waals surface area (Å²) in [6.07, 6.45) is 1.66. The number of aromatic nitrogens is 2. The van der Waals surface area contributed by atoms with Crippen LogP contribution < -0.4 is 10.6 Å². The van der Waals surface area contributed by atoms with E-state index in [0.717, 1.165) is 5.39 Å². The van der Waals surface area contributed by atoms with Crippen LogP contribution in [0.1, 0.15) is 32.3 Å². The minimum atomic E-state index is -0.804. The molecule has 4 aromatic rings. The van der Waals surface area contributed by atoms with Crippen molar-refractivity contribution in [2.75, 3.05) is 10.6 Å². The van der Waals surface area contributed by atoms with Crippen molar-refractivity contribution in [1.82, 2.24) is 9.97 Å². The molecular weight excluding hydrogens is 474 g/mol. The first-order valence-corrected chi connectivity index (χ1v) is 11.5. The largest absolute Gasteiger partial charge is 0.443 e. The molecule has 2 atom stereocenters. The molecule has 0 saturated carbocycles. The molecule has 1 amide bonds. The number of fused-ring (bicyclic) bond motifs is 2. The molecule has 0 spiro atoms. The van der Waals surface area contributed by atoms with Crippen molar-refractivity contribution in [3.63, 3.8) is 0 Å². The van der Waals surface area contributed by atoms with E-state index in [1.165, 1.54) is 18.3 Å². The van der Waals surface area contributed by atoms with E-state index in [-0.39, 0.29) is 11.1 Å². The molecule has 3 heterocycles. The number of benzene rings is 2. The highest BCUT2D eigenvalue weighted by Crippen LogP contribution is 2.46. The number of pyridine rings is 1. The maximum Gasteiger partial charge on any atom is 0.412 e. The van der Waals surface area contributed by atoms with Gasteiger partial charge in [0, 0.05) is 28.9 Å². The summed E-state index contributed by atoms with van der Waals surface area (Å²) in [5, 5.41) is 6.91. The lowest BCUT2D eigenvalue weighted by Gasteiger charge is -2.44. The Morgan fingerprint density at radius 3 is 2.74 bits per heavy atom. The first-order valence-electron chi connectivity index (χ1n) is 11.1. The van der Waals surface area contributed by atoms with Crippen LogP contribution in [0.4, 0.5) is 25.0 Å². The van der Waals surface area contributed by atoms with Gasteiger partial charge in [0.25, 0.3) is 0 Å². The topological polar surface area (TPSA) is 79.0 Å². The van der Waals surface area contributed by atoms with Crippen molar-refractivity contribution in [3.05, 3.63) is 77.2 Å². The van der Waals surface area contributed by atoms with E-state index in [1.54, 1.807) is 31.3 Å². The summed E-state index contributed by atoms with van der Waals surface area (Å²) < 4.78 is 37.1. The fourth-order valence-electron chi connectivity index (χ4n) is 4.88. The number of nitrogens with one attached hydrogen (secondary N) is 3. The Hall–Kier alpha value is -3.65. The van der Waals surface area contributed by atoms with Gasteiger partial charge in [0.2, 0.25) is 0 Å². The van der Waals surface area contributed by atoms with Gasteiger partial charge in [0.1, 0.15) is 22.9 Å². The van der Waals surface area contributed by atoms with E-state index in [4.69, 9.17) is 16.3 Å². The molecular formula is C26H23ClF2N4O2. The second-order valence-electron chi connectivity index (χ2n) is 9.21. The number of para-hydroxylation sites is 1. The first-order chi connectivity index (χ1) is 16.7. The second-order valence-corrected chi connectivity index (χ2v) is 9.60. The molecule has 2 aromatic heterocycles. The summed E-state index contributed by atoms with van der Waals surface area (Å²) in [5.74, 6) is -1.93. The fraction of sp³-hybridized carbons (Fsp3) is 0.231. The molecule has 1 aliphatic heterocycles. The average molecular weight is 497 g/mol. The SMILES string of the molecule is C[C@@H]1c2c(cc(F)c(-c3cccc4cc[nH]c34)c2F)NC(C)(C)[C@H]1OC(=O)Nc1ccc(Cl)nc1. The van der Waals surface area contributed by atoms with Crippen LogP contribution in [0.3, 0.4) is 0 Å². The van der Waals surface area contributed by atoms with Crippen molar-refractivity contribution in [2.24, 2.45) is 0 Å². The zero-order valence-electron chi connectivity index (χ0n) is 19.2. The van der Waals surface area contributed by atoms with E-state index in [0.29, 0.717) is 27.6 Å². The van der Waals surface area contributed by atoms with Gasteiger partial charge >= 0.3 is 6.09 Å². The Morgan fingerprint density at radius 1 is 1.20 bits per heavy atom. The number of carbonyl (C=O) groups is 1. The Kier molecular flexibility index (Phi) is 5.63. The molecule has 180 valence electrons. The van der Waals surface area contributed by atoms with Crippen LogP contribution in [0.5, 0.6) is 0 Å². The number of nitrogens with zero attached hydrogens (tertiary/aromatic N) is 1. The van der Waals surface area contributed by atoms with Crippen LogP contribution in [0.15, 0.2) is 54.9 Å². The monoisotopic (exact) mass is 496 g/mol. The zero-order valence-corrected chi connectivity index (χ0v) is 20.0. The van der Waals surface area contributed by atoms with Crippen LogP contribution in [0.2, 0.25) is 5.15 Å². The lowest BCUT2D eigenvalue weighted by Crippen LogP contribution is -2.52. The minimum absolute atomic E-state index is 0.124. The maximum absolute atomic E-state index is 16.1. The Bertz CT molecular complexity index is 1440. The molecule has 1 aliphatic rings. The predicted octanol–water partition coefficient (Wildman–Crippen LogP) is 7.09. The number of aromatic amines is 1. The number of halogens is 3. The van der Waals surface area contributed by atoms with Crippen molar-refractivity contribution in [1.29, 1.82) is 0 Å². The first kappa shape index (κ1) is 23.1. The smallest absolute Gasteiger partial charge is 0.412 e. The third-order valence-corrected chi connectivity index (χ3v) is 6.62. The lowest BCUT2D eigenvalue weighted by atomic mass is 9.77. The molecule has 35 heavy (non-hydrogen) atoms. The molecule has 0 bridgehead atoms. The highest BCUT2D eigenvalue weighted by Gasteiger charge is 2.45. The van der Waals surface area contributed by atoms with E-state index in [9.17, 15) is 4.79 Å². The van der Waals surface area contributed by atoms with Crippen molar-refractivity contribution in [2.45, 2.75) is 38.3 Å². The number of hydrogen-bond donors (Lipinski definition) is 3. The number of hydrogen-bond acceptors (Lipinski definition) is 4. The molecule has 0 aliphatic carbocycles. The molecule has 0 unspecified atom stereocenters. The minimum Gasteiger partial charge on any atom is -0.443 e. The number of H-pyrrole nitrogens is 1. The molecule has 9 heteroatoms. The van der Waals surface area contributed by atoms with E-state index < -0.39 is 35.3 Å². The lowest BCUT2D eigenvalue weighted by molar-refractivity contribution is 0.0560. The van der Waals surface area contributed by atoms with E-state index in [1.807, 2.05) is 26.0 Å². The van der Waals surface area contributed by atoms with Gasteiger partial charge in [-0.3, -0.25) is 5.32 Å². The molecule has 5 rings (SSSR count). The zero-order chi connectivity index (χ0) is 24.9.